The van der Waals surface area contributed by atoms with E-state index in [-0.39, 0.29) is 0 Å². The highest BCUT2D eigenvalue weighted by Crippen LogP contribution is 2.21. The zero-order valence-corrected chi connectivity index (χ0v) is 10.9. The number of aromatic amines is 1. The second kappa shape index (κ2) is 4.92. The van der Waals surface area contributed by atoms with E-state index in [0.29, 0.717) is 6.42 Å². The first-order valence-corrected chi connectivity index (χ1v) is 5.82. The van der Waals surface area contributed by atoms with Gasteiger partial charge in [0.1, 0.15) is 5.82 Å². The van der Waals surface area contributed by atoms with E-state index < -0.39 is 0 Å². The highest BCUT2D eigenvalue weighted by molar-refractivity contribution is 5.60. The molecule has 2 rings (SSSR count). The number of hydrogen-bond donors (Lipinski definition) is 1. The van der Waals surface area contributed by atoms with E-state index in [9.17, 15) is 0 Å². The number of nitrogens with zero attached hydrogens (tertiary/aromatic N) is 3. The molecular weight excluding hydrogens is 224 g/mol. The molecule has 0 aliphatic carbocycles. The van der Waals surface area contributed by atoms with E-state index in [1.54, 1.807) is 0 Å². The van der Waals surface area contributed by atoms with E-state index in [1.165, 1.54) is 0 Å². The fourth-order valence-corrected chi connectivity index (χ4v) is 1.80. The van der Waals surface area contributed by atoms with Crippen molar-refractivity contribution in [3.05, 3.63) is 35.7 Å². The highest BCUT2D eigenvalue weighted by atomic mass is 15.1. The monoisotopic (exact) mass is 240 g/mol. The zero-order valence-electron chi connectivity index (χ0n) is 10.9. The number of H-pyrrole nitrogens is 1. The molecule has 2 aromatic rings. The van der Waals surface area contributed by atoms with Gasteiger partial charge in [-0.1, -0.05) is 0 Å². The van der Waals surface area contributed by atoms with Crippen LogP contribution < -0.4 is 4.90 Å². The summed E-state index contributed by atoms with van der Waals surface area (Å²) in [5.74, 6) is 0.822. The minimum atomic E-state index is 0.345. The Morgan fingerprint density at radius 2 is 1.94 bits per heavy atom. The van der Waals surface area contributed by atoms with Crippen molar-refractivity contribution in [1.29, 1.82) is 5.26 Å². The summed E-state index contributed by atoms with van der Waals surface area (Å²) >= 11 is 0. The van der Waals surface area contributed by atoms with Crippen LogP contribution in [0.4, 0.5) is 5.69 Å². The predicted octanol–water partition coefficient (Wildman–Crippen LogP) is 2.52. The molecule has 0 radical (unpaired) electrons. The minimum Gasteiger partial charge on any atom is -0.378 e. The maximum Gasteiger partial charge on any atom is 0.137 e. The van der Waals surface area contributed by atoms with Crippen molar-refractivity contribution >= 4 is 5.69 Å². The molecule has 0 spiro atoms. The molecule has 0 amide bonds. The van der Waals surface area contributed by atoms with Crippen LogP contribution in [0.25, 0.3) is 11.4 Å². The SMILES string of the molecule is Cc1[nH]c(-c2ccc(N(C)C)cc2)nc1CC#N. The van der Waals surface area contributed by atoms with Gasteiger partial charge in [-0.15, -0.1) is 0 Å². The molecule has 0 aliphatic rings. The van der Waals surface area contributed by atoms with Crippen molar-refractivity contribution in [2.24, 2.45) is 0 Å². The maximum absolute atomic E-state index is 8.71. The first-order valence-electron chi connectivity index (χ1n) is 5.82. The number of imidazole rings is 1. The minimum absolute atomic E-state index is 0.345. The highest BCUT2D eigenvalue weighted by Gasteiger charge is 2.08. The fourth-order valence-electron chi connectivity index (χ4n) is 1.80. The van der Waals surface area contributed by atoms with Crippen LogP contribution in [0.5, 0.6) is 0 Å². The maximum atomic E-state index is 8.71. The zero-order chi connectivity index (χ0) is 13.1. The van der Waals surface area contributed by atoms with Crippen LogP contribution >= 0.6 is 0 Å². The summed E-state index contributed by atoms with van der Waals surface area (Å²) in [5, 5.41) is 8.71. The molecule has 0 aliphatic heterocycles. The molecule has 1 N–H and O–H groups in total. The fraction of sp³-hybridized carbons (Fsp3) is 0.286. The van der Waals surface area contributed by atoms with Crippen LogP contribution in [-0.2, 0) is 6.42 Å². The van der Waals surface area contributed by atoms with Gasteiger partial charge in [-0.05, 0) is 31.2 Å². The first-order chi connectivity index (χ1) is 8.61. The third kappa shape index (κ3) is 2.35. The molecule has 0 saturated carbocycles. The summed E-state index contributed by atoms with van der Waals surface area (Å²) in [6.45, 7) is 1.94. The Bertz CT molecular complexity index is 573. The van der Waals surface area contributed by atoms with Gasteiger partial charge in [0.15, 0.2) is 0 Å². The molecule has 1 aromatic heterocycles. The van der Waals surface area contributed by atoms with Crippen molar-refractivity contribution < 1.29 is 0 Å². The summed E-state index contributed by atoms with van der Waals surface area (Å²) in [5.41, 5.74) is 3.97. The lowest BCUT2D eigenvalue weighted by Gasteiger charge is -2.12. The first kappa shape index (κ1) is 12.2. The van der Waals surface area contributed by atoms with Crippen LogP contribution in [0.1, 0.15) is 11.4 Å². The molecular formula is C14H16N4. The van der Waals surface area contributed by atoms with Gasteiger partial charge in [0.05, 0.1) is 18.2 Å². The van der Waals surface area contributed by atoms with E-state index in [2.05, 4.69) is 33.1 Å². The molecule has 0 bridgehead atoms. The smallest absolute Gasteiger partial charge is 0.137 e. The van der Waals surface area contributed by atoms with Crippen molar-refractivity contribution in [2.45, 2.75) is 13.3 Å². The Labute approximate surface area is 107 Å². The van der Waals surface area contributed by atoms with Gasteiger partial charge >= 0.3 is 0 Å². The second-order valence-corrected chi connectivity index (χ2v) is 4.43. The Kier molecular flexibility index (Phi) is 3.33. The summed E-state index contributed by atoms with van der Waals surface area (Å²) in [4.78, 5) is 9.73. The van der Waals surface area contributed by atoms with Gasteiger partial charge in [0, 0.05) is 31.0 Å². The van der Waals surface area contributed by atoms with Gasteiger partial charge in [0.2, 0.25) is 0 Å². The van der Waals surface area contributed by atoms with Crippen molar-refractivity contribution in [1.82, 2.24) is 9.97 Å². The molecule has 0 atom stereocenters. The molecule has 1 aromatic carbocycles. The number of benzene rings is 1. The van der Waals surface area contributed by atoms with Gasteiger partial charge < -0.3 is 9.88 Å². The summed E-state index contributed by atoms with van der Waals surface area (Å²) in [6, 6.07) is 10.3. The Balaban J connectivity index is 2.31. The number of nitrogens with one attached hydrogen (secondary N) is 1. The largest absolute Gasteiger partial charge is 0.378 e. The summed E-state index contributed by atoms with van der Waals surface area (Å²) in [6.07, 6.45) is 0.345. The van der Waals surface area contributed by atoms with E-state index >= 15 is 0 Å². The predicted molar refractivity (Wildman–Crippen MR) is 72.4 cm³/mol. The lowest BCUT2D eigenvalue weighted by atomic mass is 10.2. The third-order valence-corrected chi connectivity index (χ3v) is 2.89. The lowest BCUT2D eigenvalue weighted by Crippen LogP contribution is -2.07. The van der Waals surface area contributed by atoms with Crippen LogP contribution in [0.3, 0.4) is 0 Å². The Hall–Kier alpha value is -2.28. The van der Waals surface area contributed by atoms with E-state index in [1.807, 2.05) is 33.2 Å². The second-order valence-electron chi connectivity index (χ2n) is 4.43. The average Bonchev–Trinajstić information content (AvgIpc) is 2.72. The van der Waals surface area contributed by atoms with Gasteiger partial charge in [-0.25, -0.2) is 4.98 Å². The molecule has 18 heavy (non-hydrogen) atoms. The topological polar surface area (TPSA) is 55.7 Å². The van der Waals surface area contributed by atoms with Crippen LogP contribution in [0.2, 0.25) is 0 Å². The molecule has 0 unspecified atom stereocenters. The Morgan fingerprint density at radius 3 is 2.50 bits per heavy atom. The Morgan fingerprint density at radius 1 is 1.28 bits per heavy atom. The lowest BCUT2D eigenvalue weighted by molar-refractivity contribution is 1.12. The number of rotatable bonds is 3. The van der Waals surface area contributed by atoms with E-state index in [0.717, 1.165) is 28.5 Å². The number of nitriles is 1. The summed E-state index contributed by atoms with van der Waals surface area (Å²) < 4.78 is 0. The number of anilines is 1. The number of hydrogen-bond acceptors (Lipinski definition) is 3. The number of aryl methyl sites for hydroxylation is 1. The normalized spacial score (nSPS) is 10.1. The van der Waals surface area contributed by atoms with Gasteiger partial charge in [-0.3, -0.25) is 0 Å². The third-order valence-electron chi connectivity index (χ3n) is 2.89. The molecule has 0 saturated heterocycles. The van der Waals surface area contributed by atoms with Crippen molar-refractivity contribution in [3.8, 4) is 17.5 Å². The van der Waals surface area contributed by atoms with Gasteiger partial charge in [0.25, 0.3) is 0 Å². The summed E-state index contributed by atoms with van der Waals surface area (Å²) in [7, 11) is 4.02. The van der Waals surface area contributed by atoms with Crippen LogP contribution in [0, 0.1) is 18.3 Å². The van der Waals surface area contributed by atoms with Crippen LogP contribution in [-0.4, -0.2) is 24.1 Å². The molecule has 1 heterocycles. The van der Waals surface area contributed by atoms with Crippen LogP contribution in [0.15, 0.2) is 24.3 Å². The van der Waals surface area contributed by atoms with Crippen molar-refractivity contribution in [2.75, 3.05) is 19.0 Å². The molecule has 92 valence electrons. The molecule has 4 heteroatoms. The molecule has 0 fully saturated rings. The standard InChI is InChI=1S/C14H16N4/c1-10-13(8-9-15)17-14(16-10)11-4-6-12(7-5-11)18(2)3/h4-7H,8H2,1-3H3,(H,16,17). The van der Waals surface area contributed by atoms with E-state index in [4.69, 9.17) is 5.26 Å². The van der Waals surface area contributed by atoms with Gasteiger partial charge in [-0.2, -0.15) is 5.26 Å². The number of aromatic nitrogens is 2. The quantitative estimate of drug-likeness (QED) is 0.896. The molecule has 4 nitrogen and oxygen atoms in total. The van der Waals surface area contributed by atoms with Crippen molar-refractivity contribution in [3.63, 3.8) is 0 Å². The average molecular weight is 240 g/mol.